The van der Waals surface area contributed by atoms with Gasteiger partial charge in [-0.25, -0.2) is 0 Å². The maximum Gasteiger partial charge on any atom is 0.0582 e. The highest BCUT2D eigenvalue weighted by atomic mass is 16.3. The summed E-state index contributed by atoms with van der Waals surface area (Å²) in [4.78, 5) is 0. The van der Waals surface area contributed by atoms with Crippen molar-refractivity contribution in [3.05, 3.63) is 0 Å². The molecule has 0 amide bonds. The molecule has 0 aliphatic heterocycles. The number of aliphatic hydroxyl groups is 1. The minimum absolute atomic E-state index is 0.251. The van der Waals surface area contributed by atoms with Crippen LogP contribution in [0.4, 0.5) is 0 Å². The number of hydrogen-bond donors (Lipinski definition) is 3. The van der Waals surface area contributed by atoms with Crippen molar-refractivity contribution in [2.45, 2.75) is 82.8 Å². The zero-order valence-electron chi connectivity index (χ0n) is 12.5. The second-order valence-electron chi connectivity index (χ2n) is 6.98. The van der Waals surface area contributed by atoms with E-state index in [1.165, 1.54) is 57.8 Å². The molecule has 4 N–H and O–H groups in total. The van der Waals surface area contributed by atoms with E-state index in [1.54, 1.807) is 0 Å². The van der Waals surface area contributed by atoms with Crippen LogP contribution < -0.4 is 11.1 Å². The Kier molecular flexibility index (Phi) is 6.11. The Morgan fingerprint density at radius 3 is 2.05 bits per heavy atom. The summed E-state index contributed by atoms with van der Waals surface area (Å²) < 4.78 is 0. The van der Waals surface area contributed by atoms with Crippen molar-refractivity contribution in [3.63, 3.8) is 0 Å². The Morgan fingerprint density at radius 1 is 1.00 bits per heavy atom. The summed E-state index contributed by atoms with van der Waals surface area (Å²) in [5.74, 6) is 1.90. The number of nitrogens with one attached hydrogen (secondary N) is 1. The quantitative estimate of drug-likeness (QED) is 0.718. The van der Waals surface area contributed by atoms with E-state index < -0.39 is 0 Å². The highest BCUT2D eigenvalue weighted by Crippen LogP contribution is 2.35. The Bertz CT molecular complexity index is 243. The van der Waals surface area contributed by atoms with Crippen LogP contribution in [0.2, 0.25) is 0 Å². The molecule has 112 valence electrons. The summed E-state index contributed by atoms with van der Waals surface area (Å²) in [6.07, 6.45) is 12.0. The van der Waals surface area contributed by atoms with Gasteiger partial charge in [-0.3, -0.25) is 0 Å². The minimum atomic E-state index is 0.251. The molecule has 1 unspecified atom stereocenters. The van der Waals surface area contributed by atoms with Gasteiger partial charge >= 0.3 is 0 Å². The van der Waals surface area contributed by atoms with Gasteiger partial charge in [0.1, 0.15) is 0 Å². The lowest BCUT2D eigenvalue weighted by Gasteiger charge is -2.34. The second-order valence-corrected chi connectivity index (χ2v) is 6.98. The smallest absolute Gasteiger partial charge is 0.0582 e. The molecule has 3 nitrogen and oxygen atoms in total. The van der Waals surface area contributed by atoms with Crippen molar-refractivity contribution in [3.8, 4) is 0 Å². The lowest BCUT2D eigenvalue weighted by Crippen LogP contribution is -2.41. The maximum atomic E-state index is 9.08. The first kappa shape index (κ1) is 15.3. The van der Waals surface area contributed by atoms with Crippen LogP contribution >= 0.6 is 0 Å². The average Bonchev–Trinajstić information content (AvgIpc) is 2.43. The van der Waals surface area contributed by atoms with Crippen LogP contribution in [0.15, 0.2) is 0 Å². The molecule has 3 heteroatoms. The minimum Gasteiger partial charge on any atom is -0.395 e. The fraction of sp³-hybridized carbons (Fsp3) is 1.00. The van der Waals surface area contributed by atoms with Gasteiger partial charge in [0.2, 0.25) is 0 Å². The summed E-state index contributed by atoms with van der Waals surface area (Å²) in [7, 11) is 0. The summed E-state index contributed by atoms with van der Waals surface area (Å²) in [5, 5.41) is 12.6. The van der Waals surface area contributed by atoms with E-state index >= 15 is 0 Å². The highest BCUT2D eigenvalue weighted by molar-refractivity contribution is 4.82. The Hall–Kier alpha value is -0.120. The molecule has 0 aromatic rings. The molecule has 2 fully saturated rings. The Balaban J connectivity index is 1.63. The first-order chi connectivity index (χ1) is 9.17. The van der Waals surface area contributed by atoms with Gasteiger partial charge in [-0.1, -0.05) is 0 Å². The third kappa shape index (κ3) is 5.05. The van der Waals surface area contributed by atoms with Gasteiger partial charge in [0, 0.05) is 18.1 Å². The lowest BCUT2D eigenvalue weighted by atomic mass is 9.76. The molecule has 0 aromatic carbocycles. The molecule has 2 rings (SSSR count). The molecule has 0 bridgehead atoms. The fourth-order valence-corrected chi connectivity index (χ4v) is 3.92. The predicted molar refractivity (Wildman–Crippen MR) is 80.0 cm³/mol. The summed E-state index contributed by atoms with van der Waals surface area (Å²) in [5.41, 5.74) is 5.98. The monoisotopic (exact) mass is 268 g/mol. The van der Waals surface area contributed by atoms with E-state index in [2.05, 4.69) is 12.2 Å². The Morgan fingerprint density at radius 2 is 1.53 bits per heavy atom. The summed E-state index contributed by atoms with van der Waals surface area (Å²) >= 11 is 0. The number of hydrogen-bond acceptors (Lipinski definition) is 3. The Labute approximate surface area is 118 Å². The third-order valence-corrected chi connectivity index (χ3v) is 5.20. The molecule has 2 aliphatic rings. The number of nitrogens with two attached hydrogens (primary N) is 1. The molecule has 0 spiro atoms. The largest absolute Gasteiger partial charge is 0.395 e. The van der Waals surface area contributed by atoms with Crippen LogP contribution in [0.25, 0.3) is 0 Å². The summed E-state index contributed by atoms with van der Waals surface area (Å²) in [6.45, 7) is 2.32. The molecular weight excluding hydrogens is 236 g/mol. The van der Waals surface area contributed by atoms with Crippen LogP contribution in [-0.4, -0.2) is 29.8 Å². The van der Waals surface area contributed by atoms with Gasteiger partial charge in [-0.2, -0.15) is 0 Å². The molecule has 0 saturated heterocycles. The molecule has 0 heterocycles. The van der Waals surface area contributed by atoms with Gasteiger partial charge in [-0.15, -0.1) is 0 Å². The SMILES string of the molecule is CC(CO)NC1CCC(CC2CCC(N)CC2)CC1. The first-order valence-corrected chi connectivity index (χ1v) is 8.29. The van der Waals surface area contributed by atoms with Crippen molar-refractivity contribution in [1.29, 1.82) is 0 Å². The van der Waals surface area contributed by atoms with Crippen molar-refractivity contribution in [2.75, 3.05) is 6.61 Å². The zero-order valence-corrected chi connectivity index (χ0v) is 12.5. The zero-order chi connectivity index (χ0) is 13.7. The lowest BCUT2D eigenvalue weighted by molar-refractivity contribution is 0.192. The van der Waals surface area contributed by atoms with Crippen molar-refractivity contribution >= 4 is 0 Å². The topological polar surface area (TPSA) is 58.3 Å². The second kappa shape index (κ2) is 7.61. The predicted octanol–water partition coefficient (Wildman–Crippen LogP) is 2.42. The van der Waals surface area contributed by atoms with Crippen molar-refractivity contribution in [1.82, 2.24) is 5.32 Å². The maximum absolute atomic E-state index is 9.08. The molecule has 2 saturated carbocycles. The summed E-state index contributed by atoms with van der Waals surface area (Å²) in [6, 6.07) is 1.37. The first-order valence-electron chi connectivity index (χ1n) is 8.29. The highest BCUT2D eigenvalue weighted by Gasteiger charge is 2.26. The van der Waals surface area contributed by atoms with E-state index in [-0.39, 0.29) is 12.6 Å². The molecule has 1 atom stereocenters. The van der Waals surface area contributed by atoms with E-state index in [0.29, 0.717) is 12.1 Å². The van der Waals surface area contributed by atoms with Crippen molar-refractivity contribution < 1.29 is 5.11 Å². The molecular formula is C16H32N2O. The van der Waals surface area contributed by atoms with E-state index in [0.717, 1.165) is 11.8 Å². The van der Waals surface area contributed by atoms with Crippen LogP contribution in [0, 0.1) is 11.8 Å². The fourth-order valence-electron chi connectivity index (χ4n) is 3.92. The molecule has 0 aromatic heterocycles. The van der Waals surface area contributed by atoms with E-state index in [4.69, 9.17) is 10.8 Å². The standard InChI is InChI=1S/C16H32N2O/c1-12(11-19)18-16-8-4-14(5-9-16)10-13-2-6-15(17)7-3-13/h12-16,18-19H,2-11,17H2,1H3. The van der Waals surface area contributed by atoms with Gasteiger partial charge in [0.25, 0.3) is 0 Å². The van der Waals surface area contributed by atoms with Gasteiger partial charge in [0.15, 0.2) is 0 Å². The van der Waals surface area contributed by atoms with Crippen LogP contribution in [0.5, 0.6) is 0 Å². The normalized spacial score (nSPS) is 38.1. The van der Waals surface area contributed by atoms with Gasteiger partial charge < -0.3 is 16.2 Å². The number of aliphatic hydroxyl groups excluding tert-OH is 1. The van der Waals surface area contributed by atoms with Crippen LogP contribution in [0.1, 0.15) is 64.7 Å². The molecule has 2 aliphatic carbocycles. The van der Waals surface area contributed by atoms with Crippen molar-refractivity contribution in [2.24, 2.45) is 17.6 Å². The van der Waals surface area contributed by atoms with Gasteiger partial charge in [-0.05, 0) is 76.5 Å². The van der Waals surface area contributed by atoms with Crippen LogP contribution in [-0.2, 0) is 0 Å². The molecule has 0 radical (unpaired) electrons. The third-order valence-electron chi connectivity index (χ3n) is 5.20. The van der Waals surface area contributed by atoms with Crippen LogP contribution in [0.3, 0.4) is 0 Å². The van der Waals surface area contributed by atoms with Gasteiger partial charge in [0.05, 0.1) is 6.61 Å². The average molecular weight is 268 g/mol. The number of rotatable bonds is 5. The van der Waals surface area contributed by atoms with E-state index in [9.17, 15) is 0 Å². The van der Waals surface area contributed by atoms with E-state index in [1.807, 2.05) is 0 Å². The molecule has 19 heavy (non-hydrogen) atoms.